The van der Waals surface area contributed by atoms with E-state index in [0.717, 1.165) is 26.1 Å². The zero-order chi connectivity index (χ0) is 14.5. The highest BCUT2D eigenvalue weighted by Gasteiger charge is 2.20. The van der Waals surface area contributed by atoms with Gasteiger partial charge in [-0.1, -0.05) is 18.2 Å². The van der Waals surface area contributed by atoms with Crippen molar-refractivity contribution in [3.63, 3.8) is 0 Å². The molecule has 0 saturated carbocycles. The number of benzene rings is 1. The minimum Gasteiger partial charge on any atom is -0.426 e. The molecule has 1 fully saturated rings. The van der Waals surface area contributed by atoms with Crippen molar-refractivity contribution in [2.45, 2.75) is 6.42 Å². The second-order valence-electron chi connectivity index (χ2n) is 4.93. The van der Waals surface area contributed by atoms with Crippen LogP contribution < -0.4 is 10.1 Å². The van der Waals surface area contributed by atoms with Gasteiger partial charge in [-0.2, -0.15) is 0 Å². The van der Waals surface area contributed by atoms with Gasteiger partial charge < -0.3 is 19.4 Å². The Bertz CT molecular complexity index is 587. The van der Waals surface area contributed by atoms with Crippen LogP contribution in [0.1, 0.15) is 17.0 Å². The summed E-state index contributed by atoms with van der Waals surface area (Å²) in [5.41, 5.74) is 0. The van der Waals surface area contributed by atoms with Crippen molar-refractivity contribution >= 4 is 5.91 Å². The fraction of sp³-hybridized carbons (Fsp3) is 0.312. The van der Waals surface area contributed by atoms with Crippen LogP contribution in [0, 0.1) is 0 Å². The second-order valence-corrected chi connectivity index (χ2v) is 4.93. The molecule has 0 atom stereocenters. The Hall–Kier alpha value is -2.27. The highest BCUT2D eigenvalue weighted by atomic mass is 16.6. The molecule has 1 amide bonds. The van der Waals surface area contributed by atoms with Gasteiger partial charge in [0.25, 0.3) is 11.9 Å². The van der Waals surface area contributed by atoms with E-state index in [1.54, 1.807) is 12.1 Å². The first-order valence-electron chi connectivity index (χ1n) is 7.16. The molecule has 0 aliphatic carbocycles. The summed E-state index contributed by atoms with van der Waals surface area (Å²) in [6, 6.07) is 12.7. The molecule has 1 saturated heterocycles. The van der Waals surface area contributed by atoms with Crippen molar-refractivity contribution in [3.8, 4) is 11.7 Å². The minimum atomic E-state index is -0.0818. The minimum absolute atomic E-state index is 0.0818. The fourth-order valence-electron chi connectivity index (χ4n) is 2.30. The molecule has 0 bridgehead atoms. The second kappa shape index (κ2) is 6.45. The summed E-state index contributed by atoms with van der Waals surface area (Å²) in [6.07, 6.45) is 0.958. The quantitative estimate of drug-likeness (QED) is 0.942. The highest BCUT2D eigenvalue weighted by Crippen LogP contribution is 2.24. The summed E-state index contributed by atoms with van der Waals surface area (Å²) in [6.45, 7) is 3.22. The summed E-state index contributed by atoms with van der Waals surface area (Å²) in [5.74, 6) is 1.26. The summed E-state index contributed by atoms with van der Waals surface area (Å²) in [4.78, 5) is 14.2. The van der Waals surface area contributed by atoms with Crippen LogP contribution in [0.4, 0.5) is 0 Å². The van der Waals surface area contributed by atoms with E-state index in [0.29, 0.717) is 24.0 Å². The Morgan fingerprint density at radius 3 is 2.81 bits per heavy atom. The number of nitrogens with one attached hydrogen (secondary N) is 1. The number of rotatable bonds is 3. The van der Waals surface area contributed by atoms with E-state index in [2.05, 4.69) is 5.32 Å². The summed E-state index contributed by atoms with van der Waals surface area (Å²) < 4.78 is 11.1. The van der Waals surface area contributed by atoms with Crippen LogP contribution in [-0.4, -0.2) is 37.0 Å². The average Bonchev–Trinajstić information content (AvgIpc) is 2.81. The zero-order valence-electron chi connectivity index (χ0n) is 11.7. The van der Waals surface area contributed by atoms with Crippen molar-refractivity contribution in [2.75, 3.05) is 26.2 Å². The van der Waals surface area contributed by atoms with Crippen LogP contribution in [0.15, 0.2) is 46.9 Å². The Morgan fingerprint density at radius 2 is 1.95 bits per heavy atom. The molecular formula is C16H18N2O3. The number of hydrogen-bond acceptors (Lipinski definition) is 4. The number of nitrogens with zero attached hydrogens (tertiary/aromatic N) is 1. The fourth-order valence-corrected chi connectivity index (χ4v) is 2.30. The molecule has 2 aromatic rings. The predicted molar refractivity (Wildman–Crippen MR) is 78.6 cm³/mol. The third kappa shape index (κ3) is 3.44. The van der Waals surface area contributed by atoms with Gasteiger partial charge in [0.2, 0.25) is 0 Å². The van der Waals surface area contributed by atoms with Crippen molar-refractivity contribution in [2.24, 2.45) is 0 Å². The van der Waals surface area contributed by atoms with Crippen LogP contribution >= 0.6 is 0 Å². The van der Waals surface area contributed by atoms with Crippen LogP contribution in [-0.2, 0) is 0 Å². The Labute approximate surface area is 123 Å². The van der Waals surface area contributed by atoms with Gasteiger partial charge in [-0.05, 0) is 31.2 Å². The third-order valence-electron chi connectivity index (χ3n) is 3.38. The Balaban J connectivity index is 1.67. The number of amides is 1. The van der Waals surface area contributed by atoms with Crippen LogP contribution in [0.5, 0.6) is 11.7 Å². The molecule has 2 heterocycles. The topological polar surface area (TPSA) is 54.7 Å². The van der Waals surface area contributed by atoms with E-state index in [4.69, 9.17) is 9.15 Å². The number of furan rings is 1. The van der Waals surface area contributed by atoms with Crippen LogP contribution in [0.3, 0.4) is 0 Å². The molecule has 0 spiro atoms. The lowest BCUT2D eigenvalue weighted by molar-refractivity contribution is 0.0729. The molecule has 5 heteroatoms. The summed E-state index contributed by atoms with van der Waals surface area (Å²) in [7, 11) is 0. The lowest BCUT2D eigenvalue weighted by Gasteiger charge is -2.18. The monoisotopic (exact) mass is 286 g/mol. The maximum absolute atomic E-state index is 12.4. The van der Waals surface area contributed by atoms with E-state index in [9.17, 15) is 4.79 Å². The van der Waals surface area contributed by atoms with Gasteiger partial charge >= 0.3 is 0 Å². The van der Waals surface area contributed by atoms with Gasteiger partial charge in [-0.25, -0.2) is 0 Å². The SMILES string of the molecule is O=C(c1ccc(Oc2ccccc2)o1)N1CCCNCC1. The van der Waals surface area contributed by atoms with Crippen molar-refractivity contribution in [3.05, 3.63) is 48.2 Å². The molecule has 3 rings (SSSR count). The van der Waals surface area contributed by atoms with Gasteiger partial charge in [0.05, 0.1) is 0 Å². The van der Waals surface area contributed by atoms with E-state index in [1.165, 1.54) is 0 Å². The zero-order valence-corrected chi connectivity index (χ0v) is 11.7. The lowest BCUT2D eigenvalue weighted by Crippen LogP contribution is -2.33. The van der Waals surface area contributed by atoms with Gasteiger partial charge in [0.1, 0.15) is 5.75 Å². The molecule has 1 aliphatic rings. The molecule has 0 unspecified atom stereocenters. The van der Waals surface area contributed by atoms with Crippen molar-refractivity contribution < 1.29 is 13.9 Å². The summed E-state index contributed by atoms with van der Waals surface area (Å²) >= 11 is 0. The molecule has 110 valence electrons. The largest absolute Gasteiger partial charge is 0.426 e. The molecule has 1 N–H and O–H groups in total. The van der Waals surface area contributed by atoms with Gasteiger partial charge in [-0.3, -0.25) is 4.79 Å². The first-order chi connectivity index (χ1) is 10.3. The molecular weight excluding hydrogens is 268 g/mol. The molecule has 1 aromatic heterocycles. The molecule has 1 aromatic carbocycles. The Kier molecular flexibility index (Phi) is 4.21. The maximum Gasteiger partial charge on any atom is 0.290 e. The maximum atomic E-state index is 12.4. The number of hydrogen-bond donors (Lipinski definition) is 1. The first kappa shape index (κ1) is 13.7. The molecule has 0 radical (unpaired) electrons. The van der Waals surface area contributed by atoms with Gasteiger partial charge in [0, 0.05) is 25.7 Å². The van der Waals surface area contributed by atoms with E-state index in [-0.39, 0.29) is 5.91 Å². The molecule has 1 aliphatic heterocycles. The number of ether oxygens (including phenoxy) is 1. The predicted octanol–water partition coefficient (Wildman–Crippen LogP) is 2.51. The van der Waals surface area contributed by atoms with E-state index in [1.807, 2.05) is 35.2 Å². The number of carbonyl (C=O) groups excluding carboxylic acids is 1. The first-order valence-corrected chi connectivity index (χ1v) is 7.16. The van der Waals surface area contributed by atoms with Crippen LogP contribution in [0.2, 0.25) is 0 Å². The Morgan fingerprint density at radius 1 is 1.10 bits per heavy atom. The van der Waals surface area contributed by atoms with Gasteiger partial charge in [0.15, 0.2) is 5.76 Å². The lowest BCUT2D eigenvalue weighted by atomic mass is 10.3. The smallest absolute Gasteiger partial charge is 0.290 e. The summed E-state index contributed by atoms with van der Waals surface area (Å²) in [5, 5.41) is 3.27. The molecule has 5 nitrogen and oxygen atoms in total. The van der Waals surface area contributed by atoms with E-state index < -0.39 is 0 Å². The van der Waals surface area contributed by atoms with Crippen molar-refractivity contribution in [1.82, 2.24) is 10.2 Å². The highest BCUT2D eigenvalue weighted by molar-refractivity contribution is 5.91. The van der Waals surface area contributed by atoms with E-state index >= 15 is 0 Å². The van der Waals surface area contributed by atoms with Crippen LogP contribution in [0.25, 0.3) is 0 Å². The molecule has 21 heavy (non-hydrogen) atoms. The average molecular weight is 286 g/mol. The normalized spacial score (nSPS) is 15.5. The number of para-hydroxylation sites is 1. The number of carbonyl (C=O) groups is 1. The van der Waals surface area contributed by atoms with Gasteiger partial charge in [-0.15, -0.1) is 0 Å². The third-order valence-corrected chi connectivity index (χ3v) is 3.38. The standard InChI is InChI=1S/C16H18N2O3/c19-16(18-11-4-9-17-10-12-18)14-7-8-15(21-14)20-13-5-2-1-3-6-13/h1-3,5-8,17H,4,9-12H2. The van der Waals surface area contributed by atoms with Crippen molar-refractivity contribution in [1.29, 1.82) is 0 Å².